The van der Waals surface area contributed by atoms with E-state index >= 15 is 0 Å². The van der Waals surface area contributed by atoms with E-state index in [9.17, 15) is 18.0 Å². The van der Waals surface area contributed by atoms with Crippen molar-refractivity contribution in [2.75, 3.05) is 46.0 Å². The lowest BCUT2D eigenvalue weighted by Gasteiger charge is -2.23. The molecular weight excluding hydrogens is 363 g/mol. The maximum atomic E-state index is 12.6. The van der Waals surface area contributed by atoms with E-state index in [0.29, 0.717) is 13.2 Å². The zero-order valence-electron chi connectivity index (χ0n) is 15.3. The van der Waals surface area contributed by atoms with Gasteiger partial charge in [-0.1, -0.05) is 0 Å². The first-order chi connectivity index (χ1) is 12.9. The summed E-state index contributed by atoms with van der Waals surface area (Å²) in [5.41, 5.74) is -0.698. The maximum Gasteiger partial charge on any atom is 0.416 e. The number of aliphatic imine (C=N–C) groups is 1. The number of carbonyl (C=O) groups excluding carboxylic acids is 1. The van der Waals surface area contributed by atoms with Crippen molar-refractivity contribution < 1.29 is 32.3 Å². The van der Waals surface area contributed by atoms with Crippen LogP contribution in [0.25, 0.3) is 0 Å². The van der Waals surface area contributed by atoms with Crippen molar-refractivity contribution >= 4 is 11.9 Å². The molecule has 0 atom stereocenters. The molecule has 0 radical (unpaired) electrons. The Kier molecular flexibility index (Phi) is 8.05. The third kappa shape index (κ3) is 7.18. The van der Waals surface area contributed by atoms with Gasteiger partial charge in [0.25, 0.3) is 11.9 Å². The van der Waals surface area contributed by atoms with E-state index in [1.54, 1.807) is 6.92 Å². The first-order valence-corrected chi connectivity index (χ1v) is 8.97. The van der Waals surface area contributed by atoms with Crippen molar-refractivity contribution in [3.63, 3.8) is 0 Å². The first-order valence-electron chi connectivity index (χ1n) is 8.97. The lowest BCUT2D eigenvalue weighted by molar-refractivity contribution is -0.908. The quantitative estimate of drug-likeness (QED) is 0.436. The molecule has 1 fully saturated rings. The molecule has 1 aromatic rings. The third-order valence-corrected chi connectivity index (χ3v) is 4.12. The highest BCUT2D eigenvalue weighted by atomic mass is 19.4. The Balaban J connectivity index is 1.86. The number of benzene rings is 1. The van der Waals surface area contributed by atoms with Gasteiger partial charge in [-0.3, -0.25) is 10.1 Å². The lowest BCUT2D eigenvalue weighted by Crippen LogP contribution is -3.14. The molecule has 1 saturated heterocycles. The van der Waals surface area contributed by atoms with Gasteiger partial charge in [0.2, 0.25) is 0 Å². The summed E-state index contributed by atoms with van der Waals surface area (Å²) < 4.78 is 48.4. The van der Waals surface area contributed by atoms with Crippen molar-refractivity contribution in [3.8, 4) is 0 Å². The molecule has 2 N–H and O–H groups in total. The topological polar surface area (TPSA) is 64.4 Å². The number of hydrogen-bond acceptors (Lipinski definition) is 4. The van der Waals surface area contributed by atoms with Crippen LogP contribution >= 0.6 is 0 Å². The molecular formula is C18H25F3N3O3+. The summed E-state index contributed by atoms with van der Waals surface area (Å²) in [5.74, 6) is -0.560. The van der Waals surface area contributed by atoms with E-state index in [-0.39, 0.29) is 11.6 Å². The number of nitrogens with one attached hydrogen (secondary N) is 2. The second-order valence-corrected chi connectivity index (χ2v) is 6.12. The minimum Gasteiger partial charge on any atom is -0.465 e. The van der Waals surface area contributed by atoms with E-state index in [1.165, 1.54) is 4.90 Å². The molecule has 150 valence electrons. The van der Waals surface area contributed by atoms with Gasteiger partial charge in [0.15, 0.2) is 0 Å². The van der Waals surface area contributed by atoms with E-state index in [4.69, 9.17) is 9.47 Å². The molecule has 0 aromatic heterocycles. The van der Waals surface area contributed by atoms with Crippen LogP contribution in [0.15, 0.2) is 29.3 Å². The predicted molar refractivity (Wildman–Crippen MR) is 93.8 cm³/mol. The van der Waals surface area contributed by atoms with Crippen LogP contribution in [0.2, 0.25) is 0 Å². The maximum absolute atomic E-state index is 12.6. The van der Waals surface area contributed by atoms with E-state index < -0.39 is 17.6 Å². The van der Waals surface area contributed by atoms with Gasteiger partial charge in [-0.15, -0.1) is 0 Å². The number of alkyl halides is 3. The SMILES string of the molecule is CCOC(=NCCC[NH+]1CCOCC1)NC(=O)c1ccc(C(F)(F)F)cc1. The van der Waals surface area contributed by atoms with Gasteiger partial charge in [0.1, 0.15) is 13.1 Å². The minimum atomic E-state index is -4.44. The molecule has 0 saturated carbocycles. The minimum absolute atomic E-state index is 0.0828. The number of carbonyl (C=O) groups is 1. The van der Waals surface area contributed by atoms with Crippen molar-refractivity contribution in [1.29, 1.82) is 0 Å². The molecule has 1 heterocycles. The molecule has 1 aliphatic heterocycles. The molecule has 2 rings (SSSR count). The normalized spacial score (nSPS) is 16.2. The number of rotatable bonds is 6. The van der Waals surface area contributed by atoms with Gasteiger partial charge in [0, 0.05) is 18.5 Å². The molecule has 0 aliphatic carbocycles. The van der Waals surface area contributed by atoms with Crippen molar-refractivity contribution in [3.05, 3.63) is 35.4 Å². The molecule has 27 heavy (non-hydrogen) atoms. The standard InChI is InChI=1S/C18H24F3N3O3/c1-2-27-17(22-8-3-9-24-10-12-26-13-11-24)23-16(25)14-4-6-15(7-5-14)18(19,20)21/h4-7H,2-3,8-13H2,1H3,(H,22,23,25)/p+1. The number of amides is 1. The summed E-state index contributed by atoms with van der Waals surface area (Å²) in [6.45, 7) is 7.03. The van der Waals surface area contributed by atoms with Crippen LogP contribution in [0.5, 0.6) is 0 Å². The summed E-state index contributed by atoms with van der Waals surface area (Å²) >= 11 is 0. The van der Waals surface area contributed by atoms with Gasteiger partial charge in [-0.2, -0.15) is 13.2 Å². The van der Waals surface area contributed by atoms with Gasteiger partial charge in [0.05, 0.1) is 31.9 Å². The smallest absolute Gasteiger partial charge is 0.416 e. The Morgan fingerprint density at radius 1 is 1.26 bits per heavy atom. The zero-order valence-corrected chi connectivity index (χ0v) is 15.3. The average Bonchev–Trinajstić information content (AvgIpc) is 2.65. The summed E-state index contributed by atoms with van der Waals surface area (Å²) in [5, 5.41) is 2.51. The fourth-order valence-electron chi connectivity index (χ4n) is 2.66. The van der Waals surface area contributed by atoms with Gasteiger partial charge in [-0.25, -0.2) is 4.99 Å². The third-order valence-electron chi connectivity index (χ3n) is 4.12. The second kappa shape index (κ2) is 10.3. The van der Waals surface area contributed by atoms with E-state index in [0.717, 1.165) is 63.5 Å². The number of amidine groups is 1. The Hall–Kier alpha value is -2.13. The highest BCUT2D eigenvalue weighted by molar-refractivity contribution is 6.04. The fourth-order valence-corrected chi connectivity index (χ4v) is 2.66. The van der Waals surface area contributed by atoms with Crippen molar-refractivity contribution in [2.24, 2.45) is 4.99 Å². The summed E-state index contributed by atoms with van der Waals surface area (Å²) in [6, 6.07) is 4.08. The van der Waals surface area contributed by atoms with Gasteiger partial charge < -0.3 is 14.4 Å². The highest BCUT2D eigenvalue weighted by Crippen LogP contribution is 2.29. The number of quaternary nitrogens is 1. The van der Waals surface area contributed by atoms with E-state index in [2.05, 4.69) is 10.3 Å². The average molecular weight is 388 g/mol. The van der Waals surface area contributed by atoms with Gasteiger partial charge in [-0.05, 0) is 31.2 Å². The van der Waals surface area contributed by atoms with Crippen LogP contribution in [-0.4, -0.2) is 57.9 Å². The number of ether oxygens (including phenoxy) is 2. The Bertz CT molecular complexity index is 627. The van der Waals surface area contributed by atoms with Crippen molar-refractivity contribution in [1.82, 2.24) is 5.32 Å². The Morgan fingerprint density at radius 3 is 2.52 bits per heavy atom. The highest BCUT2D eigenvalue weighted by Gasteiger charge is 2.30. The van der Waals surface area contributed by atoms with Crippen LogP contribution in [0.3, 0.4) is 0 Å². The fraction of sp³-hybridized carbons (Fsp3) is 0.556. The molecule has 1 aromatic carbocycles. The molecule has 0 spiro atoms. The molecule has 1 amide bonds. The van der Waals surface area contributed by atoms with Crippen LogP contribution in [-0.2, 0) is 15.7 Å². The molecule has 6 nitrogen and oxygen atoms in total. The number of hydrogen-bond donors (Lipinski definition) is 2. The zero-order chi connectivity index (χ0) is 19.7. The predicted octanol–water partition coefficient (Wildman–Crippen LogP) is 1.13. The molecule has 9 heteroatoms. The number of halogens is 3. The van der Waals surface area contributed by atoms with Crippen LogP contribution in [0.4, 0.5) is 13.2 Å². The summed E-state index contributed by atoms with van der Waals surface area (Å²) in [6.07, 6.45) is -3.60. The van der Waals surface area contributed by atoms with E-state index in [1.807, 2.05) is 0 Å². The Labute approximate surface area is 156 Å². The second-order valence-electron chi connectivity index (χ2n) is 6.12. The first kappa shape index (κ1) is 21.2. The van der Waals surface area contributed by atoms with Gasteiger partial charge >= 0.3 is 6.18 Å². The molecule has 1 aliphatic rings. The molecule has 0 unspecified atom stereocenters. The lowest BCUT2D eigenvalue weighted by atomic mass is 10.1. The van der Waals surface area contributed by atoms with Crippen molar-refractivity contribution in [2.45, 2.75) is 19.5 Å². The van der Waals surface area contributed by atoms with Crippen LogP contribution < -0.4 is 10.2 Å². The largest absolute Gasteiger partial charge is 0.465 e. The number of morpholine rings is 1. The monoisotopic (exact) mass is 388 g/mol. The van der Waals surface area contributed by atoms with Crippen LogP contribution in [0.1, 0.15) is 29.3 Å². The Morgan fingerprint density at radius 2 is 1.93 bits per heavy atom. The van der Waals surface area contributed by atoms with Crippen LogP contribution in [0, 0.1) is 0 Å². The summed E-state index contributed by atoms with van der Waals surface area (Å²) in [7, 11) is 0. The number of nitrogens with zero attached hydrogens (tertiary/aromatic N) is 1. The summed E-state index contributed by atoms with van der Waals surface area (Å²) in [4.78, 5) is 17.9. The molecule has 0 bridgehead atoms.